The van der Waals surface area contributed by atoms with Gasteiger partial charge in [0.15, 0.2) is 0 Å². The van der Waals surface area contributed by atoms with Crippen molar-refractivity contribution in [3.05, 3.63) is 320 Å². The molecule has 1 aliphatic rings. The summed E-state index contributed by atoms with van der Waals surface area (Å²) in [5.74, 6) is 0. The number of hydrogen-bond donors (Lipinski definition) is 0. The van der Waals surface area contributed by atoms with E-state index in [0.717, 1.165) is 110 Å². The monoisotopic (exact) mass is 1290 g/mol. The highest BCUT2D eigenvalue weighted by Gasteiger charge is 2.51. The van der Waals surface area contributed by atoms with E-state index in [1.165, 1.54) is 61.2 Å². The second-order valence-electron chi connectivity index (χ2n) is 26.2. The van der Waals surface area contributed by atoms with Gasteiger partial charge in [-0.1, -0.05) is 230 Å². The van der Waals surface area contributed by atoms with E-state index in [1.807, 2.05) is 66.7 Å². The zero-order valence-corrected chi connectivity index (χ0v) is 55.2. The Bertz CT molecular complexity index is 6040. The zero-order chi connectivity index (χ0) is 66.1. The SMILES string of the molecule is CC1(C)OB(c2cccc(-c3cccc(-c4cccc(-c5ccccc5)c4)c3)c2)OC1(C)C.Clc1ccc2c(c1)oc1c2ccc2oc3ccccc3c21.c1ccc(-c2cccc(-c3cccc(-c4cccc(-c5ccc6c(c5)oc5c6ccc6oc7ccccc7c65)c4)c3)c2)cc1. The third kappa shape index (κ3) is 11.2. The molecule has 0 saturated carbocycles. The summed E-state index contributed by atoms with van der Waals surface area (Å²) < 4.78 is 37.2. The summed E-state index contributed by atoms with van der Waals surface area (Å²) in [6.07, 6.45) is 0. The highest BCUT2D eigenvalue weighted by atomic mass is 35.5. The molecule has 6 nitrogen and oxygen atoms in total. The topological polar surface area (TPSA) is 71.0 Å². The zero-order valence-electron chi connectivity index (χ0n) is 54.4. The Balaban J connectivity index is 0.000000118. The predicted molar refractivity (Wildman–Crippen MR) is 407 cm³/mol. The molecule has 0 aliphatic carbocycles. The van der Waals surface area contributed by atoms with Crippen molar-refractivity contribution in [3.8, 4) is 77.9 Å². The van der Waals surface area contributed by atoms with Crippen LogP contribution in [-0.4, -0.2) is 18.3 Å². The van der Waals surface area contributed by atoms with Crippen molar-refractivity contribution in [2.75, 3.05) is 0 Å². The molecule has 0 amide bonds. The van der Waals surface area contributed by atoms with Crippen LogP contribution in [0.2, 0.25) is 5.02 Å². The van der Waals surface area contributed by atoms with Crippen molar-refractivity contribution >= 4 is 112 Å². The Morgan fingerprint density at radius 1 is 0.235 bits per heavy atom. The number of para-hydroxylation sites is 2. The number of fused-ring (bicyclic) bond motifs is 14. The maximum Gasteiger partial charge on any atom is 0.494 e. The molecule has 14 aromatic carbocycles. The molecule has 19 rings (SSSR count). The molecule has 0 spiro atoms. The minimum absolute atomic E-state index is 0.350. The van der Waals surface area contributed by atoms with Crippen molar-refractivity contribution in [1.29, 1.82) is 0 Å². The number of rotatable bonds is 8. The van der Waals surface area contributed by atoms with Gasteiger partial charge in [0.2, 0.25) is 0 Å². The van der Waals surface area contributed by atoms with E-state index in [1.54, 1.807) is 0 Å². The third-order valence-electron chi connectivity index (χ3n) is 19.5. The molecule has 1 fully saturated rings. The summed E-state index contributed by atoms with van der Waals surface area (Å²) in [6, 6.07) is 110. The van der Waals surface area contributed by atoms with Gasteiger partial charge in [0.1, 0.15) is 44.7 Å². The summed E-state index contributed by atoms with van der Waals surface area (Å²) in [5, 5.41) is 9.25. The maximum absolute atomic E-state index is 6.56. The van der Waals surface area contributed by atoms with E-state index in [9.17, 15) is 0 Å². The molecule has 0 bridgehead atoms. The maximum atomic E-state index is 6.56. The number of benzene rings is 14. The molecule has 1 aliphatic heterocycles. The van der Waals surface area contributed by atoms with Crippen LogP contribution in [0.5, 0.6) is 0 Å². The van der Waals surface area contributed by atoms with Crippen LogP contribution in [-0.2, 0) is 9.31 Å². The molecular formula is C90H64BClO6. The smallest absolute Gasteiger partial charge is 0.456 e. The Hall–Kier alpha value is -11.4. The molecular weight excluding hydrogens is 1220 g/mol. The van der Waals surface area contributed by atoms with Crippen LogP contribution in [0.4, 0.5) is 0 Å². The first-order valence-electron chi connectivity index (χ1n) is 33.2. The molecule has 0 atom stereocenters. The summed E-state index contributed by atoms with van der Waals surface area (Å²) in [5.41, 5.74) is 23.9. The minimum Gasteiger partial charge on any atom is -0.456 e. The van der Waals surface area contributed by atoms with E-state index in [2.05, 4.69) is 276 Å². The van der Waals surface area contributed by atoms with Crippen LogP contribution in [0.25, 0.3) is 166 Å². The van der Waals surface area contributed by atoms with Gasteiger partial charge >= 0.3 is 7.12 Å². The molecule has 98 heavy (non-hydrogen) atoms. The van der Waals surface area contributed by atoms with Crippen molar-refractivity contribution in [2.45, 2.75) is 38.9 Å². The fraction of sp³-hybridized carbons (Fsp3) is 0.0667. The molecule has 5 heterocycles. The molecule has 0 unspecified atom stereocenters. The molecule has 0 radical (unpaired) electrons. The number of furan rings is 4. The first-order chi connectivity index (χ1) is 47.9. The van der Waals surface area contributed by atoms with Gasteiger partial charge in [0.25, 0.3) is 0 Å². The van der Waals surface area contributed by atoms with Crippen LogP contribution in [0.1, 0.15) is 27.7 Å². The lowest BCUT2D eigenvalue weighted by Crippen LogP contribution is -2.41. The van der Waals surface area contributed by atoms with E-state index in [4.69, 9.17) is 38.6 Å². The summed E-state index contributed by atoms with van der Waals surface area (Å²) in [4.78, 5) is 0. The van der Waals surface area contributed by atoms with Gasteiger partial charge < -0.3 is 27.0 Å². The van der Waals surface area contributed by atoms with Crippen LogP contribution >= 0.6 is 11.6 Å². The van der Waals surface area contributed by atoms with Gasteiger partial charge in [-0.25, -0.2) is 0 Å². The van der Waals surface area contributed by atoms with Crippen molar-refractivity contribution in [2.24, 2.45) is 0 Å². The highest BCUT2D eigenvalue weighted by molar-refractivity contribution is 6.62. The Morgan fingerprint density at radius 3 is 0.990 bits per heavy atom. The summed E-state index contributed by atoms with van der Waals surface area (Å²) in [6.45, 7) is 8.35. The second-order valence-corrected chi connectivity index (χ2v) is 26.7. The van der Waals surface area contributed by atoms with E-state index in [-0.39, 0.29) is 18.3 Å². The molecule has 18 aromatic rings. The van der Waals surface area contributed by atoms with Gasteiger partial charge in [-0.05, 0) is 202 Å². The lowest BCUT2D eigenvalue weighted by Gasteiger charge is -2.32. The van der Waals surface area contributed by atoms with Crippen molar-refractivity contribution in [3.63, 3.8) is 0 Å². The Morgan fingerprint density at radius 2 is 0.561 bits per heavy atom. The van der Waals surface area contributed by atoms with Gasteiger partial charge in [-0.3, -0.25) is 0 Å². The molecule has 8 heteroatoms. The number of hydrogen-bond acceptors (Lipinski definition) is 6. The fourth-order valence-electron chi connectivity index (χ4n) is 13.7. The van der Waals surface area contributed by atoms with Crippen LogP contribution in [0.3, 0.4) is 0 Å². The van der Waals surface area contributed by atoms with E-state index < -0.39 is 0 Å². The Kier molecular flexibility index (Phi) is 15.1. The van der Waals surface area contributed by atoms with Crippen LogP contribution < -0.4 is 5.46 Å². The number of halogens is 1. The Labute approximate surface area is 572 Å². The molecule has 1 saturated heterocycles. The quantitative estimate of drug-likeness (QED) is 0.141. The molecule has 0 N–H and O–H groups in total. The van der Waals surface area contributed by atoms with Gasteiger partial charge in [-0.2, -0.15) is 0 Å². The summed E-state index contributed by atoms with van der Waals surface area (Å²) >= 11 is 6.06. The first kappa shape index (κ1) is 60.2. The highest BCUT2D eigenvalue weighted by Crippen LogP contribution is 2.44. The third-order valence-corrected chi connectivity index (χ3v) is 19.8. The van der Waals surface area contributed by atoms with Crippen LogP contribution in [0.15, 0.2) is 333 Å². The van der Waals surface area contributed by atoms with Gasteiger partial charge in [0.05, 0.1) is 22.0 Å². The largest absolute Gasteiger partial charge is 0.494 e. The second kappa shape index (κ2) is 24.6. The first-order valence-corrected chi connectivity index (χ1v) is 33.6. The normalized spacial score (nSPS) is 13.4. The van der Waals surface area contributed by atoms with Gasteiger partial charge in [0, 0.05) is 43.4 Å². The fourth-order valence-corrected chi connectivity index (χ4v) is 13.9. The van der Waals surface area contributed by atoms with E-state index in [0.29, 0.717) is 5.02 Å². The average Bonchev–Trinajstić information content (AvgIpc) is 1.68. The van der Waals surface area contributed by atoms with Gasteiger partial charge in [-0.15, -0.1) is 0 Å². The molecule has 4 aromatic heterocycles. The minimum atomic E-state index is -0.360. The predicted octanol–water partition coefficient (Wildman–Crippen LogP) is 25.3. The standard InChI is InChI=1S/C42H26O2.C30H29BO2.C18H9ClO2/c1-2-9-27(10-3-1)28-11-6-12-29(23-28)30-13-7-14-31(24-30)32-15-8-16-33(25-32)34-19-20-35-36-21-22-39-41(42(36)44-40(35)26-34)37-17-4-5-18-38(37)43-39;1-29(2)30(3,4)33-31(32-29)28-18-10-17-27(21-28)26-16-9-15-25(20-26)24-14-8-13-23(19-24)22-11-6-5-7-12-22;19-10-5-6-11-12-7-8-15-17(18(12)21-16(11)9-10)13-3-1-2-4-14(13)20-15/h1-26H;5-21H,1-4H3;1-9H. The van der Waals surface area contributed by atoms with Crippen molar-refractivity contribution < 1.29 is 27.0 Å². The van der Waals surface area contributed by atoms with Crippen LogP contribution in [0, 0.1) is 0 Å². The molecule has 470 valence electrons. The van der Waals surface area contributed by atoms with Crippen molar-refractivity contribution in [1.82, 2.24) is 0 Å². The lowest BCUT2D eigenvalue weighted by atomic mass is 9.78. The summed E-state index contributed by atoms with van der Waals surface area (Å²) in [7, 11) is -0.360. The lowest BCUT2D eigenvalue weighted by molar-refractivity contribution is 0.00578. The average molecular weight is 1290 g/mol. The van der Waals surface area contributed by atoms with E-state index >= 15 is 0 Å².